The largest absolute Gasteiger partial charge is 0.368 e. The number of amides is 1. The maximum Gasteiger partial charge on any atom is 0.255 e. The van der Waals surface area contributed by atoms with Gasteiger partial charge < -0.3 is 9.80 Å². The predicted molar refractivity (Wildman–Crippen MR) is 128 cm³/mol. The second-order valence-electron chi connectivity index (χ2n) is 8.60. The molecule has 0 bridgehead atoms. The van der Waals surface area contributed by atoms with Gasteiger partial charge in [-0.15, -0.1) is 0 Å². The summed E-state index contributed by atoms with van der Waals surface area (Å²) < 4.78 is 27.6. The van der Waals surface area contributed by atoms with Gasteiger partial charge in [0.15, 0.2) is 0 Å². The Kier molecular flexibility index (Phi) is 6.79. The zero-order valence-corrected chi connectivity index (χ0v) is 20.3. The highest BCUT2D eigenvalue weighted by molar-refractivity contribution is 7.89. The number of carbonyl (C=O) groups excluding carboxylic acids is 1. The van der Waals surface area contributed by atoms with Gasteiger partial charge in [-0.25, -0.2) is 8.42 Å². The minimum atomic E-state index is -3.62. The molecule has 0 aliphatic carbocycles. The van der Waals surface area contributed by atoms with Crippen LogP contribution in [0.4, 0.5) is 5.69 Å². The highest BCUT2D eigenvalue weighted by Gasteiger charge is 2.29. The van der Waals surface area contributed by atoms with Crippen molar-refractivity contribution in [3.63, 3.8) is 0 Å². The zero-order chi connectivity index (χ0) is 22.9. The molecule has 2 fully saturated rings. The number of hydrogen-bond acceptors (Lipinski definition) is 4. The van der Waals surface area contributed by atoms with Crippen LogP contribution in [0.2, 0.25) is 5.02 Å². The van der Waals surface area contributed by atoms with Gasteiger partial charge in [-0.2, -0.15) is 4.31 Å². The van der Waals surface area contributed by atoms with E-state index in [2.05, 4.69) is 36.9 Å². The third-order valence-electron chi connectivity index (χ3n) is 6.60. The summed E-state index contributed by atoms with van der Waals surface area (Å²) in [7, 11) is -3.62. The molecule has 0 N–H and O–H groups in total. The molecule has 4 rings (SSSR count). The number of hydrogen-bond donors (Lipinski definition) is 0. The monoisotopic (exact) mass is 475 g/mol. The lowest BCUT2D eigenvalue weighted by Gasteiger charge is -2.37. The van der Waals surface area contributed by atoms with Gasteiger partial charge >= 0.3 is 0 Å². The van der Waals surface area contributed by atoms with Crippen molar-refractivity contribution in [2.45, 2.75) is 38.0 Å². The lowest BCUT2D eigenvalue weighted by Crippen LogP contribution is -2.49. The van der Waals surface area contributed by atoms with Crippen molar-refractivity contribution >= 4 is 33.2 Å². The Bertz CT molecular complexity index is 1110. The van der Waals surface area contributed by atoms with Crippen LogP contribution >= 0.6 is 11.6 Å². The van der Waals surface area contributed by atoms with E-state index < -0.39 is 10.0 Å². The molecule has 6 nitrogen and oxygen atoms in total. The zero-order valence-electron chi connectivity index (χ0n) is 18.7. The molecule has 1 amide bonds. The summed E-state index contributed by atoms with van der Waals surface area (Å²) in [5.41, 5.74) is 3.96. The van der Waals surface area contributed by atoms with Crippen molar-refractivity contribution in [2.24, 2.45) is 0 Å². The van der Waals surface area contributed by atoms with Gasteiger partial charge in [-0.3, -0.25) is 4.79 Å². The minimum Gasteiger partial charge on any atom is -0.368 e. The number of piperazine rings is 1. The number of sulfonamides is 1. The van der Waals surface area contributed by atoms with Gasteiger partial charge in [0.1, 0.15) is 0 Å². The molecule has 0 radical (unpaired) electrons. The minimum absolute atomic E-state index is 0.140. The molecule has 0 aromatic heterocycles. The van der Waals surface area contributed by atoms with Gasteiger partial charge in [-0.1, -0.05) is 30.2 Å². The molecule has 2 aromatic rings. The van der Waals surface area contributed by atoms with E-state index in [9.17, 15) is 13.2 Å². The predicted octanol–water partition coefficient (Wildman–Crippen LogP) is 4.09. The summed E-state index contributed by atoms with van der Waals surface area (Å²) in [6.07, 6.45) is 2.77. The molecule has 8 heteroatoms. The average Bonchev–Trinajstić information content (AvgIpc) is 2.81. The van der Waals surface area contributed by atoms with Gasteiger partial charge in [-0.05, 0) is 62.1 Å². The Morgan fingerprint density at radius 2 is 1.59 bits per heavy atom. The summed E-state index contributed by atoms with van der Waals surface area (Å²) in [6, 6.07) is 10.8. The molecule has 2 saturated heterocycles. The summed E-state index contributed by atoms with van der Waals surface area (Å²) in [6.45, 7) is 7.83. The second kappa shape index (κ2) is 9.41. The average molecular weight is 476 g/mol. The van der Waals surface area contributed by atoms with Crippen LogP contribution in [-0.2, 0) is 10.0 Å². The van der Waals surface area contributed by atoms with Crippen LogP contribution in [0.25, 0.3) is 0 Å². The fraction of sp³-hybridized carbons (Fsp3) is 0.458. The smallest absolute Gasteiger partial charge is 0.255 e. The van der Waals surface area contributed by atoms with Crippen molar-refractivity contribution in [1.29, 1.82) is 0 Å². The molecule has 2 heterocycles. The molecule has 32 heavy (non-hydrogen) atoms. The fourth-order valence-electron chi connectivity index (χ4n) is 4.48. The summed E-state index contributed by atoms with van der Waals surface area (Å²) in [5, 5.41) is 0.282. The quantitative estimate of drug-likeness (QED) is 0.668. The van der Waals surface area contributed by atoms with Gasteiger partial charge in [0.25, 0.3) is 5.91 Å². The van der Waals surface area contributed by atoms with E-state index in [1.165, 1.54) is 39.3 Å². The molecular weight excluding hydrogens is 446 g/mol. The van der Waals surface area contributed by atoms with Crippen LogP contribution in [0.15, 0.2) is 41.3 Å². The topological polar surface area (TPSA) is 60.9 Å². The highest BCUT2D eigenvalue weighted by Crippen LogP contribution is 2.28. The van der Waals surface area contributed by atoms with E-state index in [4.69, 9.17) is 11.6 Å². The molecule has 0 unspecified atom stereocenters. The third kappa shape index (κ3) is 4.51. The molecule has 0 spiro atoms. The van der Waals surface area contributed by atoms with E-state index >= 15 is 0 Å². The van der Waals surface area contributed by atoms with Crippen LogP contribution in [0.5, 0.6) is 0 Å². The van der Waals surface area contributed by atoms with E-state index in [1.54, 1.807) is 4.90 Å². The molecule has 2 aliphatic rings. The Labute approximate surface area is 195 Å². The SMILES string of the molecule is Cc1cccc(N2CCN(C(=O)c3cc(S(=O)(=O)N4CCCCC4)ccc3Cl)CC2)c1C. The third-order valence-corrected chi connectivity index (χ3v) is 8.83. The number of rotatable bonds is 4. The lowest BCUT2D eigenvalue weighted by atomic mass is 10.1. The van der Waals surface area contributed by atoms with E-state index in [-0.39, 0.29) is 21.4 Å². The maximum atomic E-state index is 13.3. The van der Waals surface area contributed by atoms with E-state index in [0.717, 1.165) is 32.4 Å². The number of halogens is 1. The first-order chi connectivity index (χ1) is 15.3. The first-order valence-electron chi connectivity index (χ1n) is 11.2. The highest BCUT2D eigenvalue weighted by atomic mass is 35.5. The molecule has 0 saturated carbocycles. The van der Waals surface area contributed by atoms with Crippen molar-refractivity contribution in [3.05, 3.63) is 58.1 Å². The number of carbonyl (C=O) groups is 1. The standard InChI is InChI=1S/C24H30ClN3O3S/c1-18-7-6-8-23(19(18)2)26-13-15-27(16-14-26)24(29)21-17-20(9-10-22(21)25)32(30,31)28-11-4-3-5-12-28/h6-10,17H,3-5,11-16H2,1-2H3. The summed E-state index contributed by atoms with van der Waals surface area (Å²) >= 11 is 6.34. The molecule has 172 valence electrons. The number of nitrogens with zero attached hydrogens (tertiary/aromatic N) is 3. The van der Waals surface area contributed by atoms with Crippen molar-refractivity contribution < 1.29 is 13.2 Å². The fourth-order valence-corrected chi connectivity index (χ4v) is 6.22. The van der Waals surface area contributed by atoms with Crippen LogP contribution in [0.3, 0.4) is 0 Å². The van der Waals surface area contributed by atoms with Crippen molar-refractivity contribution in [3.8, 4) is 0 Å². The van der Waals surface area contributed by atoms with Gasteiger partial charge in [0, 0.05) is 45.0 Å². The Morgan fingerprint density at radius 1 is 0.906 bits per heavy atom. The van der Waals surface area contributed by atoms with Crippen molar-refractivity contribution in [2.75, 3.05) is 44.2 Å². The van der Waals surface area contributed by atoms with Crippen molar-refractivity contribution in [1.82, 2.24) is 9.21 Å². The van der Waals surface area contributed by atoms with Gasteiger partial charge in [0.05, 0.1) is 15.5 Å². The molecule has 0 atom stereocenters. The number of piperidine rings is 1. The summed E-state index contributed by atoms with van der Waals surface area (Å²) in [5.74, 6) is -0.216. The molecule has 2 aliphatic heterocycles. The first-order valence-corrected chi connectivity index (χ1v) is 13.0. The Hall–Kier alpha value is -2.09. The number of aryl methyl sites for hydroxylation is 1. The van der Waals surface area contributed by atoms with E-state index in [1.807, 2.05) is 0 Å². The lowest BCUT2D eigenvalue weighted by molar-refractivity contribution is 0.0746. The van der Waals surface area contributed by atoms with Crippen LogP contribution < -0.4 is 4.90 Å². The van der Waals surface area contributed by atoms with Crippen LogP contribution in [0, 0.1) is 13.8 Å². The number of benzene rings is 2. The van der Waals surface area contributed by atoms with E-state index in [0.29, 0.717) is 26.2 Å². The number of anilines is 1. The van der Waals surface area contributed by atoms with Crippen LogP contribution in [0.1, 0.15) is 40.7 Å². The maximum absolute atomic E-state index is 13.3. The van der Waals surface area contributed by atoms with Gasteiger partial charge in [0.2, 0.25) is 10.0 Å². The Morgan fingerprint density at radius 3 is 2.28 bits per heavy atom. The molecule has 2 aromatic carbocycles. The Balaban J connectivity index is 1.50. The summed E-state index contributed by atoms with van der Waals surface area (Å²) in [4.78, 5) is 17.5. The molecular formula is C24H30ClN3O3S. The normalized spacial score (nSPS) is 18.1. The first kappa shape index (κ1) is 23.1. The second-order valence-corrected chi connectivity index (χ2v) is 10.9. The van der Waals surface area contributed by atoms with Crippen LogP contribution in [-0.4, -0.2) is 62.8 Å².